The average Bonchev–Trinajstić information content (AvgIpc) is 2.87. The van der Waals surface area contributed by atoms with E-state index < -0.39 is 5.97 Å². The molecule has 1 aliphatic rings. The molecule has 0 radical (unpaired) electrons. The first-order valence-corrected chi connectivity index (χ1v) is 11.4. The Hall–Kier alpha value is -4.07. The number of esters is 1. The topological polar surface area (TPSA) is 81.2 Å². The Morgan fingerprint density at radius 1 is 0.943 bits per heavy atom. The summed E-state index contributed by atoms with van der Waals surface area (Å²) in [5, 5.41) is 1.07. The van der Waals surface area contributed by atoms with Crippen LogP contribution in [0.5, 0.6) is 17.2 Å². The van der Waals surface area contributed by atoms with E-state index in [1.54, 1.807) is 37.5 Å². The predicted molar refractivity (Wildman–Crippen MR) is 135 cm³/mol. The van der Waals surface area contributed by atoms with E-state index in [2.05, 4.69) is 17.9 Å². The maximum Gasteiger partial charge on any atom is 0.308 e. The third-order valence-corrected chi connectivity index (χ3v) is 5.99. The lowest BCUT2D eigenvalue weighted by Gasteiger charge is -2.35. The standard InChI is InChI=1S/C27H29N3O5/c1-18-16-25(28-27-21(18)6-5-7-23(27)33-3)29-12-14-30(15-13-29)26(32)11-9-20-8-10-22(35-19(2)31)24(17-20)34-4/h5-11,16-17H,12-15H2,1-4H3/b11-9+. The largest absolute Gasteiger partial charge is 0.494 e. The van der Waals surface area contributed by atoms with Gasteiger partial charge in [0.05, 0.1) is 14.2 Å². The lowest BCUT2D eigenvalue weighted by Crippen LogP contribution is -2.48. The summed E-state index contributed by atoms with van der Waals surface area (Å²) in [4.78, 5) is 32.9. The van der Waals surface area contributed by atoms with Crippen LogP contribution in [-0.4, -0.2) is 62.2 Å². The summed E-state index contributed by atoms with van der Waals surface area (Å²) < 4.78 is 15.9. The quantitative estimate of drug-likeness (QED) is 0.304. The molecule has 0 atom stereocenters. The van der Waals surface area contributed by atoms with Crippen molar-refractivity contribution in [1.29, 1.82) is 0 Å². The lowest BCUT2D eigenvalue weighted by atomic mass is 10.1. The summed E-state index contributed by atoms with van der Waals surface area (Å²) in [7, 11) is 3.16. The first-order chi connectivity index (χ1) is 16.9. The summed E-state index contributed by atoms with van der Waals surface area (Å²) >= 11 is 0. The van der Waals surface area contributed by atoms with Crippen molar-refractivity contribution in [3.8, 4) is 17.2 Å². The zero-order chi connectivity index (χ0) is 24.9. The molecule has 0 spiro atoms. The number of hydrogen-bond acceptors (Lipinski definition) is 7. The third-order valence-electron chi connectivity index (χ3n) is 5.99. The number of aryl methyl sites for hydroxylation is 1. The molecule has 0 N–H and O–H groups in total. The molecule has 4 rings (SSSR count). The summed E-state index contributed by atoms with van der Waals surface area (Å²) in [5.74, 6) is 1.94. The number of ether oxygens (including phenoxy) is 3. The molecule has 3 aromatic rings. The number of hydrogen-bond donors (Lipinski definition) is 0. The van der Waals surface area contributed by atoms with Crippen molar-refractivity contribution in [3.63, 3.8) is 0 Å². The number of piperazine rings is 1. The van der Waals surface area contributed by atoms with Crippen LogP contribution in [0.3, 0.4) is 0 Å². The molecule has 0 saturated carbocycles. The van der Waals surface area contributed by atoms with Gasteiger partial charge < -0.3 is 24.0 Å². The molecular weight excluding hydrogens is 446 g/mol. The Bertz CT molecular complexity index is 1280. The second-order valence-electron chi connectivity index (χ2n) is 8.30. The SMILES string of the molecule is COc1cc(/C=C/C(=O)N2CCN(c3cc(C)c4cccc(OC)c4n3)CC2)ccc1OC(C)=O. The van der Waals surface area contributed by atoms with Crippen LogP contribution in [0.15, 0.2) is 48.5 Å². The van der Waals surface area contributed by atoms with Crippen molar-refractivity contribution in [2.45, 2.75) is 13.8 Å². The molecule has 2 heterocycles. The van der Waals surface area contributed by atoms with Crippen LogP contribution in [0, 0.1) is 6.92 Å². The molecular formula is C27H29N3O5. The van der Waals surface area contributed by atoms with Gasteiger partial charge in [-0.1, -0.05) is 18.2 Å². The van der Waals surface area contributed by atoms with Gasteiger partial charge in [-0.05, 0) is 48.4 Å². The van der Waals surface area contributed by atoms with Crippen molar-refractivity contribution >= 4 is 34.7 Å². The lowest BCUT2D eigenvalue weighted by molar-refractivity contribution is -0.132. The van der Waals surface area contributed by atoms with Gasteiger partial charge in [-0.25, -0.2) is 4.98 Å². The van der Waals surface area contributed by atoms with Crippen LogP contribution in [-0.2, 0) is 9.59 Å². The first-order valence-electron chi connectivity index (χ1n) is 11.4. The monoisotopic (exact) mass is 475 g/mol. The molecule has 1 saturated heterocycles. The van der Waals surface area contributed by atoms with E-state index in [0.29, 0.717) is 37.7 Å². The predicted octanol–water partition coefficient (Wildman–Crippen LogP) is 3.85. The van der Waals surface area contributed by atoms with Gasteiger partial charge in [-0.15, -0.1) is 0 Å². The maximum atomic E-state index is 12.8. The zero-order valence-corrected chi connectivity index (χ0v) is 20.4. The van der Waals surface area contributed by atoms with Crippen LogP contribution in [0.25, 0.3) is 17.0 Å². The van der Waals surface area contributed by atoms with Crippen LogP contribution >= 0.6 is 0 Å². The highest BCUT2D eigenvalue weighted by Gasteiger charge is 2.21. The van der Waals surface area contributed by atoms with Crippen LogP contribution in [0.2, 0.25) is 0 Å². The Kier molecular flexibility index (Phi) is 7.19. The number of carbonyl (C=O) groups is 2. The normalized spacial score (nSPS) is 13.8. The second-order valence-corrected chi connectivity index (χ2v) is 8.30. The second kappa shape index (κ2) is 10.5. The third kappa shape index (κ3) is 5.37. The number of amides is 1. The van der Waals surface area contributed by atoms with E-state index in [-0.39, 0.29) is 5.91 Å². The number of benzene rings is 2. The highest BCUT2D eigenvalue weighted by molar-refractivity contribution is 5.92. The number of rotatable bonds is 6. The fourth-order valence-electron chi connectivity index (χ4n) is 4.16. The molecule has 1 fully saturated rings. The minimum Gasteiger partial charge on any atom is -0.494 e. The van der Waals surface area contributed by atoms with Gasteiger partial charge in [0.1, 0.15) is 17.1 Å². The molecule has 35 heavy (non-hydrogen) atoms. The van der Waals surface area contributed by atoms with Crippen molar-refractivity contribution in [2.75, 3.05) is 45.3 Å². The van der Waals surface area contributed by atoms with Gasteiger partial charge in [0.15, 0.2) is 11.5 Å². The molecule has 1 aromatic heterocycles. The van der Waals surface area contributed by atoms with E-state index >= 15 is 0 Å². The summed E-state index contributed by atoms with van der Waals surface area (Å²) in [6, 6.07) is 13.2. The van der Waals surface area contributed by atoms with Crippen molar-refractivity contribution < 1.29 is 23.8 Å². The average molecular weight is 476 g/mol. The fourth-order valence-corrected chi connectivity index (χ4v) is 4.16. The van der Waals surface area contributed by atoms with Gasteiger partial charge in [0.2, 0.25) is 5.91 Å². The number of pyridine rings is 1. The number of para-hydroxylation sites is 1. The van der Waals surface area contributed by atoms with Crippen LogP contribution in [0.1, 0.15) is 18.1 Å². The Labute approximate surface area is 204 Å². The number of fused-ring (bicyclic) bond motifs is 1. The van der Waals surface area contributed by atoms with Gasteiger partial charge in [-0.2, -0.15) is 0 Å². The van der Waals surface area contributed by atoms with Crippen molar-refractivity contribution in [3.05, 3.63) is 59.7 Å². The first kappa shape index (κ1) is 24.1. The van der Waals surface area contributed by atoms with Crippen LogP contribution < -0.4 is 19.1 Å². The number of nitrogens with zero attached hydrogens (tertiary/aromatic N) is 3. The molecule has 1 amide bonds. The zero-order valence-electron chi connectivity index (χ0n) is 20.4. The summed E-state index contributed by atoms with van der Waals surface area (Å²) in [6.45, 7) is 5.99. The van der Waals surface area contributed by atoms with E-state index in [9.17, 15) is 9.59 Å². The molecule has 8 nitrogen and oxygen atoms in total. The maximum absolute atomic E-state index is 12.8. The minimum atomic E-state index is -0.422. The van der Waals surface area contributed by atoms with E-state index in [1.165, 1.54) is 14.0 Å². The van der Waals surface area contributed by atoms with Crippen molar-refractivity contribution in [2.24, 2.45) is 0 Å². The highest BCUT2D eigenvalue weighted by atomic mass is 16.6. The summed E-state index contributed by atoms with van der Waals surface area (Å²) in [5.41, 5.74) is 2.76. The number of aromatic nitrogens is 1. The Morgan fingerprint density at radius 2 is 1.69 bits per heavy atom. The number of carbonyl (C=O) groups excluding carboxylic acids is 2. The number of anilines is 1. The molecule has 0 aliphatic carbocycles. The van der Waals surface area contributed by atoms with E-state index in [1.807, 2.05) is 23.1 Å². The van der Waals surface area contributed by atoms with Crippen molar-refractivity contribution in [1.82, 2.24) is 9.88 Å². The van der Waals surface area contributed by atoms with Gasteiger partial charge in [0, 0.05) is 44.6 Å². The van der Waals surface area contributed by atoms with Crippen LogP contribution in [0.4, 0.5) is 5.82 Å². The molecule has 0 unspecified atom stereocenters. The van der Waals surface area contributed by atoms with Gasteiger partial charge >= 0.3 is 5.97 Å². The highest BCUT2D eigenvalue weighted by Crippen LogP contribution is 2.30. The summed E-state index contributed by atoms with van der Waals surface area (Å²) in [6.07, 6.45) is 3.29. The Balaban J connectivity index is 1.41. The van der Waals surface area contributed by atoms with E-state index in [4.69, 9.17) is 19.2 Å². The molecule has 1 aliphatic heterocycles. The van der Waals surface area contributed by atoms with Gasteiger partial charge in [-0.3, -0.25) is 9.59 Å². The smallest absolute Gasteiger partial charge is 0.308 e. The Morgan fingerprint density at radius 3 is 2.37 bits per heavy atom. The number of methoxy groups -OCH3 is 2. The van der Waals surface area contributed by atoms with Gasteiger partial charge in [0.25, 0.3) is 0 Å². The molecule has 0 bridgehead atoms. The molecule has 8 heteroatoms. The fraction of sp³-hybridized carbons (Fsp3) is 0.296. The molecule has 2 aromatic carbocycles. The minimum absolute atomic E-state index is 0.0583. The van der Waals surface area contributed by atoms with E-state index in [0.717, 1.165) is 33.6 Å². The molecule has 182 valence electrons.